The van der Waals surface area contributed by atoms with Crippen LogP contribution in [0, 0.1) is 12.7 Å². The van der Waals surface area contributed by atoms with E-state index >= 15 is 0 Å². The number of hydrogen-bond acceptors (Lipinski definition) is 2. The number of anilines is 1. The molecule has 3 N–H and O–H groups in total. The van der Waals surface area contributed by atoms with Crippen molar-refractivity contribution in [2.45, 2.75) is 19.9 Å². The third-order valence-corrected chi connectivity index (χ3v) is 3.19. The van der Waals surface area contributed by atoms with Gasteiger partial charge in [0, 0.05) is 11.3 Å². The van der Waals surface area contributed by atoms with Crippen LogP contribution in [0.2, 0.25) is 0 Å². The van der Waals surface area contributed by atoms with Gasteiger partial charge in [-0.15, -0.1) is 0 Å². The van der Waals surface area contributed by atoms with Crippen LogP contribution in [0.15, 0.2) is 42.5 Å². The van der Waals surface area contributed by atoms with Gasteiger partial charge in [0.25, 0.3) is 5.91 Å². The number of halogens is 1. The third-order valence-electron chi connectivity index (χ3n) is 3.19. The van der Waals surface area contributed by atoms with Gasteiger partial charge < -0.3 is 11.1 Å². The Morgan fingerprint density at radius 2 is 2.00 bits per heavy atom. The Labute approximate surface area is 117 Å². The molecule has 0 aliphatic heterocycles. The van der Waals surface area contributed by atoms with Crippen LogP contribution < -0.4 is 11.1 Å². The zero-order chi connectivity index (χ0) is 14.7. The molecule has 1 amide bonds. The zero-order valence-electron chi connectivity index (χ0n) is 11.5. The normalized spacial score (nSPS) is 11.9. The fraction of sp³-hybridized carbons (Fsp3) is 0.188. The summed E-state index contributed by atoms with van der Waals surface area (Å²) in [5.74, 6) is -0.687. The lowest BCUT2D eigenvalue weighted by Gasteiger charge is -2.15. The number of amides is 1. The van der Waals surface area contributed by atoms with Crippen LogP contribution in [0.3, 0.4) is 0 Å². The van der Waals surface area contributed by atoms with Gasteiger partial charge in [0.2, 0.25) is 0 Å². The average Bonchev–Trinajstić information content (AvgIpc) is 2.41. The number of benzene rings is 2. The maximum atomic E-state index is 13.5. The predicted octanol–water partition coefficient (Wildman–Crippen LogP) is 3.21. The minimum Gasteiger partial charge on any atom is -0.399 e. The van der Waals surface area contributed by atoms with Crippen LogP contribution in [0.4, 0.5) is 10.1 Å². The van der Waals surface area contributed by atoms with Gasteiger partial charge in [0.05, 0.1) is 6.04 Å². The SMILES string of the molecule is Cc1ccc(C(=O)NC(C)c2cccc(N)c2)cc1F. The molecule has 3 nitrogen and oxygen atoms in total. The fourth-order valence-corrected chi connectivity index (χ4v) is 1.93. The van der Waals surface area contributed by atoms with E-state index in [1.165, 1.54) is 6.07 Å². The highest BCUT2D eigenvalue weighted by Gasteiger charge is 2.12. The summed E-state index contributed by atoms with van der Waals surface area (Å²) in [7, 11) is 0. The Hall–Kier alpha value is -2.36. The van der Waals surface area contributed by atoms with E-state index in [9.17, 15) is 9.18 Å². The average molecular weight is 272 g/mol. The largest absolute Gasteiger partial charge is 0.399 e. The van der Waals surface area contributed by atoms with E-state index in [2.05, 4.69) is 5.32 Å². The Morgan fingerprint density at radius 1 is 1.25 bits per heavy atom. The number of hydrogen-bond donors (Lipinski definition) is 2. The molecule has 0 bridgehead atoms. The molecule has 4 heteroatoms. The summed E-state index contributed by atoms with van der Waals surface area (Å²) in [6.07, 6.45) is 0. The summed E-state index contributed by atoms with van der Waals surface area (Å²) in [6.45, 7) is 3.52. The molecule has 1 unspecified atom stereocenters. The van der Waals surface area contributed by atoms with Crippen molar-refractivity contribution in [2.24, 2.45) is 0 Å². The van der Waals surface area contributed by atoms with E-state index in [1.807, 2.05) is 19.1 Å². The fourth-order valence-electron chi connectivity index (χ4n) is 1.93. The van der Waals surface area contributed by atoms with Gasteiger partial charge in [-0.3, -0.25) is 4.79 Å². The van der Waals surface area contributed by atoms with E-state index in [0.717, 1.165) is 5.56 Å². The van der Waals surface area contributed by atoms with E-state index in [4.69, 9.17) is 5.73 Å². The van der Waals surface area contributed by atoms with Crippen molar-refractivity contribution in [1.29, 1.82) is 0 Å². The highest BCUT2D eigenvalue weighted by molar-refractivity contribution is 5.94. The molecule has 104 valence electrons. The van der Waals surface area contributed by atoms with Gasteiger partial charge in [-0.2, -0.15) is 0 Å². The number of carbonyl (C=O) groups excluding carboxylic acids is 1. The van der Waals surface area contributed by atoms with Gasteiger partial charge in [-0.05, 0) is 49.2 Å². The highest BCUT2D eigenvalue weighted by Crippen LogP contribution is 2.16. The van der Waals surface area contributed by atoms with E-state index in [-0.39, 0.29) is 17.8 Å². The molecule has 2 aromatic rings. The van der Waals surface area contributed by atoms with Gasteiger partial charge in [-0.1, -0.05) is 18.2 Å². The first-order valence-corrected chi connectivity index (χ1v) is 6.40. The van der Waals surface area contributed by atoms with Crippen molar-refractivity contribution in [1.82, 2.24) is 5.32 Å². The number of aryl methyl sites for hydroxylation is 1. The summed E-state index contributed by atoms with van der Waals surface area (Å²) in [5, 5.41) is 2.83. The molecule has 0 aromatic heterocycles. The molecule has 0 aliphatic rings. The summed E-state index contributed by atoms with van der Waals surface area (Å²) >= 11 is 0. The topological polar surface area (TPSA) is 55.1 Å². The van der Waals surface area contributed by atoms with E-state index in [1.54, 1.807) is 31.2 Å². The molecule has 0 heterocycles. The summed E-state index contributed by atoms with van der Waals surface area (Å²) in [5.41, 5.74) is 8.09. The van der Waals surface area contributed by atoms with Crippen LogP contribution in [0.1, 0.15) is 34.5 Å². The van der Waals surface area contributed by atoms with Crippen molar-refractivity contribution in [3.05, 3.63) is 65.0 Å². The quantitative estimate of drug-likeness (QED) is 0.843. The predicted molar refractivity (Wildman–Crippen MR) is 77.9 cm³/mol. The number of nitrogens with one attached hydrogen (secondary N) is 1. The molecule has 20 heavy (non-hydrogen) atoms. The highest BCUT2D eigenvalue weighted by atomic mass is 19.1. The van der Waals surface area contributed by atoms with Crippen LogP contribution in [0.25, 0.3) is 0 Å². The lowest BCUT2D eigenvalue weighted by molar-refractivity contribution is 0.0939. The van der Waals surface area contributed by atoms with E-state index < -0.39 is 0 Å². The van der Waals surface area contributed by atoms with Crippen molar-refractivity contribution in [3.63, 3.8) is 0 Å². The lowest BCUT2D eigenvalue weighted by atomic mass is 10.1. The van der Waals surface area contributed by atoms with Crippen molar-refractivity contribution >= 4 is 11.6 Å². The molecule has 1 atom stereocenters. The molecular formula is C16H17FN2O. The number of nitrogen functional groups attached to an aromatic ring is 1. The summed E-state index contributed by atoms with van der Waals surface area (Å²) in [4.78, 5) is 12.1. The zero-order valence-corrected chi connectivity index (χ0v) is 11.5. The molecule has 2 aromatic carbocycles. The van der Waals surface area contributed by atoms with Gasteiger partial charge >= 0.3 is 0 Å². The van der Waals surface area contributed by atoms with Gasteiger partial charge in [0.1, 0.15) is 5.82 Å². The first kappa shape index (κ1) is 14.1. The van der Waals surface area contributed by atoms with E-state index in [0.29, 0.717) is 16.8 Å². The van der Waals surface area contributed by atoms with Crippen LogP contribution >= 0.6 is 0 Å². The smallest absolute Gasteiger partial charge is 0.251 e. The van der Waals surface area contributed by atoms with Gasteiger partial charge in [0.15, 0.2) is 0 Å². The standard InChI is InChI=1S/C16H17FN2O/c1-10-6-7-13(9-15(10)17)16(20)19-11(2)12-4-3-5-14(18)8-12/h3-9,11H,18H2,1-2H3,(H,19,20). The Balaban J connectivity index is 2.13. The van der Waals surface area contributed by atoms with Crippen LogP contribution in [-0.2, 0) is 0 Å². The summed E-state index contributed by atoms with van der Waals surface area (Å²) in [6, 6.07) is 11.6. The second kappa shape index (κ2) is 5.74. The number of nitrogens with two attached hydrogens (primary N) is 1. The Morgan fingerprint density at radius 3 is 2.65 bits per heavy atom. The molecule has 0 fully saturated rings. The van der Waals surface area contributed by atoms with Crippen LogP contribution in [0.5, 0.6) is 0 Å². The maximum Gasteiger partial charge on any atom is 0.251 e. The molecule has 0 saturated carbocycles. The number of carbonyl (C=O) groups is 1. The second-order valence-corrected chi connectivity index (χ2v) is 4.83. The molecule has 0 saturated heterocycles. The molecule has 0 aliphatic carbocycles. The third kappa shape index (κ3) is 3.15. The van der Waals surface area contributed by atoms with Crippen LogP contribution in [-0.4, -0.2) is 5.91 Å². The minimum absolute atomic E-state index is 0.199. The minimum atomic E-state index is -0.380. The monoisotopic (exact) mass is 272 g/mol. The maximum absolute atomic E-state index is 13.5. The first-order chi connectivity index (χ1) is 9.47. The Kier molecular flexibility index (Phi) is 4.03. The van der Waals surface area contributed by atoms with Crippen molar-refractivity contribution in [3.8, 4) is 0 Å². The number of rotatable bonds is 3. The van der Waals surface area contributed by atoms with Gasteiger partial charge in [-0.25, -0.2) is 4.39 Å². The summed E-state index contributed by atoms with van der Waals surface area (Å²) < 4.78 is 13.5. The molecule has 2 rings (SSSR count). The molecular weight excluding hydrogens is 255 g/mol. The lowest BCUT2D eigenvalue weighted by Crippen LogP contribution is -2.26. The second-order valence-electron chi connectivity index (χ2n) is 4.83. The molecule has 0 spiro atoms. The molecule has 0 radical (unpaired) electrons. The van der Waals surface area contributed by atoms with Crippen molar-refractivity contribution in [2.75, 3.05) is 5.73 Å². The first-order valence-electron chi connectivity index (χ1n) is 6.40. The Bertz CT molecular complexity index is 640. The van der Waals surface area contributed by atoms with Crippen molar-refractivity contribution < 1.29 is 9.18 Å².